The molecule has 0 saturated heterocycles. The third-order valence-corrected chi connectivity index (χ3v) is 5.15. The van der Waals surface area contributed by atoms with Gasteiger partial charge in [0, 0.05) is 12.3 Å². The lowest BCUT2D eigenvalue weighted by molar-refractivity contribution is 0.0821. The number of ether oxygens (including phenoxy) is 2. The summed E-state index contributed by atoms with van der Waals surface area (Å²) >= 11 is 1.50. The van der Waals surface area contributed by atoms with Crippen molar-refractivity contribution in [1.82, 2.24) is 14.8 Å². The number of hydrogen-bond acceptors (Lipinski definition) is 5. The summed E-state index contributed by atoms with van der Waals surface area (Å²) in [6.45, 7) is 4.73. The summed E-state index contributed by atoms with van der Waals surface area (Å²) in [5.41, 5.74) is 0.890. The van der Waals surface area contributed by atoms with E-state index in [0.29, 0.717) is 30.5 Å². The second kappa shape index (κ2) is 7.84. The van der Waals surface area contributed by atoms with Gasteiger partial charge in [-0.3, -0.25) is 4.57 Å². The van der Waals surface area contributed by atoms with Crippen LogP contribution in [-0.2, 0) is 12.3 Å². The Morgan fingerprint density at radius 1 is 1.19 bits per heavy atom. The number of rotatable bonds is 6. The molecule has 2 aromatic carbocycles. The number of nitrogens with zero attached hydrogens (tertiary/aromatic N) is 3. The highest BCUT2D eigenvalue weighted by Crippen LogP contribution is 2.36. The molecule has 1 aromatic heterocycles. The van der Waals surface area contributed by atoms with Crippen LogP contribution in [0.15, 0.2) is 66.3 Å². The highest BCUT2D eigenvalue weighted by molar-refractivity contribution is 7.98. The van der Waals surface area contributed by atoms with E-state index in [9.17, 15) is 4.39 Å². The van der Waals surface area contributed by atoms with Crippen LogP contribution in [0.3, 0.4) is 0 Å². The van der Waals surface area contributed by atoms with Crippen molar-refractivity contribution in [3.05, 3.63) is 78.4 Å². The third-order valence-electron chi connectivity index (χ3n) is 4.11. The van der Waals surface area contributed by atoms with E-state index in [1.165, 1.54) is 23.9 Å². The van der Waals surface area contributed by atoms with Crippen LogP contribution in [0.5, 0.6) is 11.5 Å². The number of allylic oxidation sites excluding steroid dienone is 1. The second-order valence-electron chi connectivity index (χ2n) is 6.02. The van der Waals surface area contributed by atoms with E-state index in [-0.39, 0.29) is 11.9 Å². The summed E-state index contributed by atoms with van der Waals surface area (Å²) in [6.07, 6.45) is 1.44. The van der Waals surface area contributed by atoms with Crippen LogP contribution in [0, 0.1) is 5.82 Å². The minimum atomic E-state index is -0.351. The van der Waals surface area contributed by atoms with Gasteiger partial charge in [0.1, 0.15) is 12.4 Å². The molecule has 0 bridgehead atoms. The van der Waals surface area contributed by atoms with E-state index in [1.54, 1.807) is 12.1 Å². The van der Waals surface area contributed by atoms with Crippen LogP contribution in [0.2, 0.25) is 0 Å². The number of hydrogen-bond donors (Lipinski definition) is 0. The van der Waals surface area contributed by atoms with Gasteiger partial charge in [0.05, 0.1) is 0 Å². The molecule has 0 aliphatic carbocycles. The number of fused-ring (bicyclic) bond motifs is 1. The fourth-order valence-electron chi connectivity index (χ4n) is 2.87. The number of aromatic nitrogens is 3. The normalized spacial score (nSPS) is 15.5. The van der Waals surface area contributed by atoms with Crippen LogP contribution in [0.25, 0.3) is 0 Å². The minimum absolute atomic E-state index is 0.243. The number of para-hydroxylation sites is 2. The van der Waals surface area contributed by atoms with Crippen LogP contribution >= 0.6 is 11.8 Å². The molecular weight excluding hydrogens is 365 g/mol. The van der Waals surface area contributed by atoms with Gasteiger partial charge in [-0.15, -0.1) is 16.8 Å². The largest absolute Gasteiger partial charge is 0.485 e. The van der Waals surface area contributed by atoms with Crippen molar-refractivity contribution in [1.29, 1.82) is 0 Å². The molecule has 0 radical (unpaired) electrons. The lowest BCUT2D eigenvalue weighted by Crippen LogP contribution is -2.25. The molecule has 1 unspecified atom stereocenters. The Balaban J connectivity index is 1.55. The zero-order valence-electron chi connectivity index (χ0n) is 14.5. The van der Waals surface area contributed by atoms with Crippen molar-refractivity contribution in [3.63, 3.8) is 0 Å². The Hall–Kier alpha value is -2.80. The highest BCUT2D eigenvalue weighted by atomic mass is 32.2. The summed E-state index contributed by atoms with van der Waals surface area (Å²) in [7, 11) is 0. The monoisotopic (exact) mass is 383 g/mol. The summed E-state index contributed by atoms with van der Waals surface area (Å²) < 4.78 is 27.2. The Kier molecular flexibility index (Phi) is 5.11. The van der Waals surface area contributed by atoms with Crippen LogP contribution in [0.1, 0.15) is 17.5 Å². The fraction of sp³-hybridized carbons (Fsp3) is 0.200. The maximum atomic E-state index is 13.4. The smallest absolute Gasteiger partial charge is 0.192 e. The van der Waals surface area contributed by atoms with Crippen LogP contribution in [-0.4, -0.2) is 21.4 Å². The quantitative estimate of drug-likeness (QED) is 0.466. The SMILES string of the molecule is C=CCn1c(SCc2cccc(F)c2)nnc1C1COc2ccccc2O1. The standard InChI is InChI=1S/C20H18FN3O2S/c1-2-10-24-19(18-12-25-16-8-3-4-9-17(16)26-18)22-23-20(24)27-13-14-6-5-7-15(21)11-14/h2-9,11,18H,1,10,12-13H2. The van der Waals surface area contributed by atoms with Crippen molar-refractivity contribution >= 4 is 11.8 Å². The Morgan fingerprint density at radius 2 is 2.04 bits per heavy atom. The maximum Gasteiger partial charge on any atom is 0.192 e. The molecule has 7 heteroatoms. The van der Waals surface area contributed by atoms with E-state index in [4.69, 9.17) is 9.47 Å². The van der Waals surface area contributed by atoms with Crippen molar-refractivity contribution in [2.45, 2.75) is 23.6 Å². The Morgan fingerprint density at radius 3 is 2.85 bits per heavy atom. The maximum absolute atomic E-state index is 13.4. The predicted molar refractivity (Wildman–Crippen MR) is 101 cm³/mol. The van der Waals surface area contributed by atoms with Crippen molar-refractivity contribution in [2.75, 3.05) is 6.61 Å². The van der Waals surface area contributed by atoms with Gasteiger partial charge >= 0.3 is 0 Å². The number of halogens is 1. The Labute approximate surface area is 160 Å². The molecule has 5 nitrogen and oxygen atoms in total. The van der Waals surface area contributed by atoms with Crippen LogP contribution < -0.4 is 9.47 Å². The molecule has 4 rings (SSSR count). The first-order chi connectivity index (χ1) is 13.2. The molecule has 27 heavy (non-hydrogen) atoms. The van der Waals surface area contributed by atoms with Gasteiger partial charge in [-0.2, -0.15) is 0 Å². The minimum Gasteiger partial charge on any atom is -0.485 e. The lowest BCUT2D eigenvalue weighted by Gasteiger charge is -2.26. The van der Waals surface area contributed by atoms with Gasteiger partial charge in [0.25, 0.3) is 0 Å². The van der Waals surface area contributed by atoms with Gasteiger partial charge in [-0.25, -0.2) is 4.39 Å². The number of benzene rings is 2. The highest BCUT2D eigenvalue weighted by Gasteiger charge is 2.28. The molecule has 0 saturated carbocycles. The molecular formula is C20H18FN3O2S. The molecule has 0 amide bonds. The average molecular weight is 383 g/mol. The lowest BCUT2D eigenvalue weighted by atomic mass is 10.2. The summed E-state index contributed by atoms with van der Waals surface area (Å²) in [5.74, 6) is 2.46. The van der Waals surface area contributed by atoms with Gasteiger partial charge < -0.3 is 9.47 Å². The van der Waals surface area contributed by atoms with E-state index in [2.05, 4.69) is 16.8 Å². The second-order valence-corrected chi connectivity index (χ2v) is 6.97. The van der Waals surface area contributed by atoms with Crippen molar-refractivity contribution in [3.8, 4) is 11.5 Å². The molecule has 1 aliphatic rings. The van der Waals surface area contributed by atoms with Gasteiger partial charge in [-0.1, -0.05) is 42.1 Å². The first kappa shape index (κ1) is 17.6. The zero-order valence-corrected chi connectivity index (χ0v) is 15.4. The first-order valence-electron chi connectivity index (χ1n) is 8.54. The molecule has 0 N–H and O–H groups in total. The fourth-order valence-corrected chi connectivity index (χ4v) is 3.76. The average Bonchev–Trinajstić information content (AvgIpc) is 3.09. The summed E-state index contributed by atoms with van der Waals surface area (Å²) in [4.78, 5) is 0. The molecule has 0 fully saturated rings. The van der Waals surface area contributed by atoms with Gasteiger partial charge in [0.15, 0.2) is 28.6 Å². The van der Waals surface area contributed by atoms with E-state index in [0.717, 1.165) is 16.5 Å². The van der Waals surface area contributed by atoms with Crippen molar-refractivity contribution in [2.24, 2.45) is 0 Å². The predicted octanol–water partition coefficient (Wildman–Crippen LogP) is 4.41. The van der Waals surface area contributed by atoms with Gasteiger partial charge in [-0.05, 0) is 29.8 Å². The van der Waals surface area contributed by atoms with E-state index in [1.807, 2.05) is 34.9 Å². The molecule has 3 aromatic rings. The van der Waals surface area contributed by atoms with Crippen molar-refractivity contribution < 1.29 is 13.9 Å². The zero-order chi connectivity index (χ0) is 18.6. The van der Waals surface area contributed by atoms with E-state index >= 15 is 0 Å². The summed E-state index contributed by atoms with van der Waals surface area (Å²) in [6, 6.07) is 14.1. The van der Waals surface area contributed by atoms with E-state index < -0.39 is 0 Å². The molecule has 2 heterocycles. The molecule has 138 valence electrons. The number of thioether (sulfide) groups is 1. The molecule has 0 spiro atoms. The molecule has 1 atom stereocenters. The topological polar surface area (TPSA) is 49.2 Å². The molecule has 1 aliphatic heterocycles. The first-order valence-corrected chi connectivity index (χ1v) is 9.53. The third kappa shape index (κ3) is 3.83. The Bertz CT molecular complexity index is 960. The van der Waals surface area contributed by atoms with Crippen LogP contribution in [0.4, 0.5) is 4.39 Å². The summed E-state index contributed by atoms with van der Waals surface area (Å²) in [5, 5.41) is 9.36. The van der Waals surface area contributed by atoms with Gasteiger partial charge in [0.2, 0.25) is 0 Å².